The van der Waals surface area contributed by atoms with E-state index in [9.17, 15) is 9.59 Å². The van der Waals surface area contributed by atoms with Gasteiger partial charge in [-0.2, -0.15) is 0 Å². The fraction of sp³-hybridized carbons (Fsp3) is 0.167. The minimum absolute atomic E-state index is 0.350. The van der Waals surface area contributed by atoms with E-state index in [1.807, 2.05) is 24.3 Å². The molecule has 0 fully saturated rings. The number of rotatable bonds is 4. The lowest BCUT2D eigenvalue weighted by Crippen LogP contribution is -2.52. The SMILES string of the molecule is CC(C)c1ccc(C2Nc3ccc(Cl)cc3C(=O)N2NC(=O)c2ccc(Cl)cc2)cc1. The molecule has 1 heterocycles. The number of nitrogens with zero attached hydrogens (tertiary/aromatic N) is 1. The zero-order valence-electron chi connectivity index (χ0n) is 17.0. The molecule has 158 valence electrons. The first kappa shape index (κ1) is 21.2. The van der Waals surface area contributed by atoms with Crippen molar-refractivity contribution in [3.63, 3.8) is 0 Å². The van der Waals surface area contributed by atoms with Gasteiger partial charge in [0.15, 0.2) is 0 Å². The molecule has 31 heavy (non-hydrogen) atoms. The molecule has 0 aliphatic carbocycles. The number of carbonyl (C=O) groups excluding carboxylic acids is 2. The number of hydrogen-bond donors (Lipinski definition) is 2. The molecule has 0 saturated heterocycles. The monoisotopic (exact) mass is 453 g/mol. The van der Waals surface area contributed by atoms with Gasteiger partial charge < -0.3 is 5.32 Å². The van der Waals surface area contributed by atoms with Gasteiger partial charge in [0.25, 0.3) is 11.8 Å². The lowest BCUT2D eigenvalue weighted by molar-refractivity contribution is 0.0491. The van der Waals surface area contributed by atoms with Crippen LogP contribution in [0.25, 0.3) is 0 Å². The van der Waals surface area contributed by atoms with E-state index < -0.39 is 12.1 Å². The van der Waals surface area contributed by atoms with E-state index in [4.69, 9.17) is 23.2 Å². The predicted molar refractivity (Wildman–Crippen MR) is 123 cm³/mol. The van der Waals surface area contributed by atoms with Crippen molar-refractivity contribution in [3.05, 3.63) is 99.0 Å². The van der Waals surface area contributed by atoms with E-state index in [2.05, 4.69) is 24.6 Å². The first-order chi connectivity index (χ1) is 14.8. The van der Waals surface area contributed by atoms with E-state index >= 15 is 0 Å². The Labute approximate surface area is 190 Å². The molecular weight excluding hydrogens is 433 g/mol. The average Bonchev–Trinajstić information content (AvgIpc) is 2.76. The van der Waals surface area contributed by atoms with Crippen molar-refractivity contribution in [2.45, 2.75) is 25.9 Å². The summed E-state index contributed by atoms with van der Waals surface area (Å²) in [5.41, 5.74) is 6.22. The molecule has 1 atom stereocenters. The van der Waals surface area contributed by atoms with Gasteiger partial charge in [-0.3, -0.25) is 15.0 Å². The number of benzene rings is 3. The summed E-state index contributed by atoms with van der Waals surface area (Å²) in [5.74, 6) is -0.379. The number of fused-ring (bicyclic) bond motifs is 1. The molecule has 7 heteroatoms. The van der Waals surface area contributed by atoms with E-state index in [-0.39, 0.29) is 5.91 Å². The second kappa shape index (κ2) is 8.61. The van der Waals surface area contributed by atoms with Crippen LogP contribution in [-0.4, -0.2) is 16.8 Å². The summed E-state index contributed by atoms with van der Waals surface area (Å²) in [6, 6.07) is 19.5. The van der Waals surface area contributed by atoms with Gasteiger partial charge in [-0.1, -0.05) is 61.3 Å². The van der Waals surface area contributed by atoms with Crippen molar-refractivity contribution in [2.24, 2.45) is 0 Å². The van der Waals surface area contributed by atoms with Crippen LogP contribution in [0.5, 0.6) is 0 Å². The van der Waals surface area contributed by atoms with Gasteiger partial charge in [-0.15, -0.1) is 0 Å². The number of hydrazine groups is 1. The summed E-state index contributed by atoms with van der Waals surface area (Å²) in [6.07, 6.45) is -0.585. The number of amides is 2. The maximum atomic E-state index is 13.3. The number of anilines is 1. The van der Waals surface area contributed by atoms with Crippen LogP contribution in [0.3, 0.4) is 0 Å². The molecular formula is C24H21Cl2N3O2. The van der Waals surface area contributed by atoms with Crippen molar-refractivity contribution in [1.82, 2.24) is 10.4 Å². The van der Waals surface area contributed by atoms with E-state index in [0.717, 1.165) is 5.56 Å². The van der Waals surface area contributed by atoms with E-state index in [1.54, 1.807) is 42.5 Å². The molecule has 1 aliphatic heterocycles. The Balaban J connectivity index is 1.71. The molecule has 2 N–H and O–H groups in total. The van der Waals surface area contributed by atoms with Crippen molar-refractivity contribution >= 4 is 40.7 Å². The first-order valence-electron chi connectivity index (χ1n) is 9.89. The Hall–Kier alpha value is -3.02. The molecule has 0 bridgehead atoms. The molecule has 0 saturated carbocycles. The van der Waals surface area contributed by atoms with Gasteiger partial charge in [0.05, 0.1) is 5.56 Å². The van der Waals surface area contributed by atoms with Crippen LogP contribution in [0.2, 0.25) is 10.0 Å². The highest BCUT2D eigenvalue weighted by Gasteiger charge is 2.34. The van der Waals surface area contributed by atoms with Gasteiger partial charge in [0, 0.05) is 21.3 Å². The van der Waals surface area contributed by atoms with Crippen LogP contribution in [0, 0.1) is 0 Å². The smallest absolute Gasteiger partial charge is 0.276 e. The average molecular weight is 454 g/mol. The molecule has 2 amide bonds. The third-order valence-electron chi connectivity index (χ3n) is 5.23. The summed E-state index contributed by atoms with van der Waals surface area (Å²) in [5, 5.41) is 5.62. The normalized spacial score (nSPS) is 15.5. The predicted octanol–water partition coefficient (Wildman–Crippen LogP) is 6.03. The summed E-state index contributed by atoms with van der Waals surface area (Å²) < 4.78 is 0. The minimum Gasteiger partial charge on any atom is -0.359 e. The van der Waals surface area contributed by atoms with E-state index in [1.165, 1.54) is 10.6 Å². The van der Waals surface area contributed by atoms with Gasteiger partial charge in [0.2, 0.25) is 0 Å². The van der Waals surface area contributed by atoms with Crippen LogP contribution < -0.4 is 10.7 Å². The Morgan fingerprint density at radius 1 is 0.968 bits per heavy atom. The third kappa shape index (κ3) is 4.38. The Kier molecular flexibility index (Phi) is 5.90. The summed E-state index contributed by atoms with van der Waals surface area (Å²) >= 11 is 12.0. The Morgan fingerprint density at radius 2 is 1.61 bits per heavy atom. The van der Waals surface area contributed by atoms with Gasteiger partial charge in [-0.05, 0) is 59.5 Å². The molecule has 0 spiro atoms. The maximum absolute atomic E-state index is 13.3. The Bertz CT molecular complexity index is 1130. The van der Waals surface area contributed by atoms with Gasteiger partial charge in [-0.25, -0.2) is 5.01 Å². The fourth-order valence-corrected chi connectivity index (χ4v) is 3.76. The minimum atomic E-state index is -0.585. The molecule has 1 unspecified atom stereocenters. The highest BCUT2D eigenvalue weighted by molar-refractivity contribution is 6.31. The van der Waals surface area contributed by atoms with Crippen molar-refractivity contribution in [3.8, 4) is 0 Å². The molecule has 5 nitrogen and oxygen atoms in total. The first-order valence-corrected chi connectivity index (χ1v) is 10.6. The second-order valence-electron chi connectivity index (χ2n) is 7.68. The van der Waals surface area contributed by atoms with Crippen LogP contribution >= 0.6 is 23.2 Å². The van der Waals surface area contributed by atoms with Crippen molar-refractivity contribution < 1.29 is 9.59 Å². The third-order valence-corrected chi connectivity index (χ3v) is 5.72. The standard InChI is InChI=1S/C24H21Cl2N3O2/c1-14(2)15-3-5-16(6-4-15)22-27-21-12-11-19(26)13-20(21)24(31)29(22)28-23(30)17-7-9-18(25)10-8-17/h3-14,22,27H,1-2H3,(H,28,30). The number of nitrogens with one attached hydrogen (secondary N) is 2. The van der Waals surface area contributed by atoms with Crippen LogP contribution in [0.4, 0.5) is 5.69 Å². The van der Waals surface area contributed by atoms with Crippen LogP contribution in [-0.2, 0) is 0 Å². The number of hydrogen-bond acceptors (Lipinski definition) is 3. The maximum Gasteiger partial charge on any atom is 0.276 e. The summed E-state index contributed by atoms with van der Waals surface area (Å²) in [4.78, 5) is 26.2. The number of halogens is 2. The van der Waals surface area contributed by atoms with E-state index in [0.29, 0.717) is 32.8 Å². The van der Waals surface area contributed by atoms with Gasteiger partial charge >= 0.3 is 0 Å². The lowest BCUT2D eigenvalue weighted by atomic mass is 9.99. The zero-order chi connectivity index (χ0) is 22.1. The van der Waals surface area contributed by atoms with Gasteiger partial charge in [0.1, 0.15) is 6.17 Å². The molecule has 0 aromatic heterocycles. The fourth-order valence-electron chi connectivity index (χ4n) is 3.46. The van der Waals surface area contributed by atoms with Crippen molar-refractivity contribution in [2.75, 3.05) is 5.32 Å². The Morgan fingerprint density at radius 3 is 2.26 bits per heavy atom. The largest absolute Gasteiger partial charge is 0.359 e. The molecule has 3 aromatic carbocycles. The van der Waals surface area contributed by atoms with Crippen LogP contribution in [0.15, 0.2) is 66.7 Å². The van der Waals surface area contributed by atoms with Crippen molar-refractivity contribution in [1.29, 1.82) is 0 Å². The topological polar surface area (TPSA) is 61.4 Å². The number of carbonyl (C=O) groups is 2. The zero-order valence-corrected chi connectivity index (χ0v) is 18.5. The highest BCUT2D eigenvalue weighted by Crippen LogP contribution is 2.34. The summed E-state index contributed by atoms with van der Waals surface area (Å²) in [7, 11) is 0. The quantitative estimate of drug-likeness (QED) is 0.506. The second-order valence-corrected chi connectivity index (χ2v) is 8.55. The summed E-state index contributed by atoms with van der Waals surface area (Å²) in [6.45, 7) is 4.24. The molecule has 3 aromatic rings. The lowest BCUT2D eigenvalue weighted by Gasteiger charge is -2.38. The molecule has 1 aliphatic rings. The molecule has 4 rings (SSSR count). The highest BCUT2D eigenvalue weighted by atomic mass is 35.5. The van der Waals surface area contributed by atoms with Crippen LogP contribution in [0.1, 0.15) is 57.8 Å². The molecule has 0 radical (unpaired) electrons.